The first-order valence-corrected chi connectivity index (χ1v) is 5.22. The van der Waals surface area contributed by atoms with Crippen LogP contribution in [-0.2, 0) is 0 Å². The first-order valence-electron chi connectivity index (χ1n) is 5.22. The third kappa shape index (κ3) is 2.30. The van der Waals surface area contributed by atoms with E-state index in [1.807, 2.05) is 0 Å². The second kappa shape index (κ2) is 4.21. The molecule has 2 N–H and O–H groups in total. The minimum absolute atomic E-state index is 0.280. The van der Waals surface area contributed by atoms with Crippen LogP contribution in [0.25, 0.3) is 0 Å². The first-order chi connectivity index (χ1) is 7.22. The maximum absolute atomic E-state index is 9.87. The molecule has 1 aromatic rings. The molecule has 3 nitrogen and oxygen atoms in total. The topological polar surface area (TPSA) is 49.7 Å². The van der Waals surface area contributed by atoms with Gasteiger partial charge >= 0.3 is 0 Å². The van der Waals surface area contributed by atoms with E-state index in [2.05, 4.69) is 0 Å². The fourth-order valence-corrected chi connectivity index (χ4v) is 1.69. The van der Waals surface area contributed by atoms with Crippen molar-refractivity contribution in [2.75, 3.05) is 7.11 Å². The van der Waals surface area contributed by atoms with Crippen molar-refractivity contribution in [3.63, 3.8) is 0 Å². The van der Waals surface area contributed by atoms with E-state index in [0.29, 0.717) is 0 Å². The molecule has 1 aromatic carbocycles. The van der Waals surface area contributed by atoms with Gasteiger partial charge in [-0.15, -0.1) is 0 Å². The lowest BCUT2D eigenvalue weighted by Crippen LogP contribution is -2.20. The quantitative estimate of drug-likeness (QED) is 0.788. The summed E-state index contributed by atoms with van der Waals surface area (Å²) in [5, 5.41) is 19.6. The Balaban J connectivity index is 2.07. The van der Waals surface area contributed by atoms with Crippen LogP contribution in [-0.4, -0.2) is 23.4 Å². The number of benzene rings is 1. The van der Waals surface area contributed by atoms with Crippen LogP contribution in [0, 0.1) is 5.92 Å². The Labute approximate surface area is 89.3 Å². The normalized spacial score (nSPS) is 19.7. The number of ether oxygens (including phenoxy) is 1. The van der Waals surface area contributed by atoms with Crippen molar-refractivity contribution in [2.24, 2.45) is 5.92 Å². The molecule has 1 aliphatic carbocycles. The fraction of sp³-hybridized carbons (Fsp3) is 0.500. The molecule has 15 heavy (non-hydrogen) atoms. The highest BCUT2D eigenvalue weighted by Crippen LogP contribution is 2.38. The summed E-state index contributed by atoms with van der Waals surface area (Å²) in [6.07, 6.45) is 0.643. The highest BCUT2D eigenvalue weighted by molar-refractivity contribution is 5.29. The van der Waals surface area contributed by atoms with Crippen LogP contribution in [0.5, 0.6) is 5.75 Å². The lowest BCUT2D eigenvalue weighted by molar-refractivity contribution is 0.00483. The van der Waals surface area contributed by atoms with E-state index in [0.717, 1.165) is 24.2 Å². The molecular formula is C12H16O3. The van der Waals surface area contributed by atoms with Crippen LogP contribution in [0.15, 0.2) is 24.3 Å². The number of hydrogen-bond donors (Lipinski definition) is 2. The molecule has 3 heteroatoms. The van der Waals surface area contributed by atoms with Gasteiger partial charge in [-0.05, 0) is 36.5 Å². The zero-order valence-corrected chi connectivity index (χ0v) is 8.76. The zero-order chi connectivity index (χ0) is 10.8. The van der Waals surface area contributed by atoms with Crippen molar-refractivity contribution < 1.29 is 14.9 Å². The average molecular weight is 208 g/mol. The van der Waals surface area contributed by atoms with Gasteiger partial charge in [-0.1, -0.05) is 12.1 Å². The summed E-state index contributed by atoms with van der Waals surface area (Å²) in [5.41, 5.74) is 0.746. The molecular weight excluding hydrogens is 192 g/mol. The van der Waals surface area contributed by atoms with Crippen LogP contribution in [0.1, 0.15) is 24.5 Å². The molecule has 0 heterocycles. The third-order valence-electron chi connectivity index (χ3n) is 2.89. The maximum atomic E-state index is 9.87. The number of aliphatic hydroxyl groups is 2. The molecule has 0 radical (unpaired) electrons. The molecule has 2 rings (SSSR count). The van der Waals surface area contributed by atoms with Gasteiger partial charge in [0.05, 0.1) is 13.2 Å². The molecule has 1 aliphatic rings. The summed E-state index contributed by atoms with van der Waals surface area (Å²) in [5.74, 6) is 1.04. The number of methoxy groups -OCH3 is 1. The minimum atomic E-state index is -0.775. The molecule has 82 valence electrons. The lowest BCUT2D eigenvalue weighted by atomic mass is 10.0. The van der Waals surface area contributed by atoms with E-state index in [4.69, 9.17) is 4.74 Å². The average Bonchev–Trinajstić information content (AvgIpc) is 3.11. The fourth-order valence-electron chi connectivity index (χ4n) is 1.69. The predicted octanol–water partition coefficient (Wildman–Crippen LogP) is 1.50. The maximum Gasteiger partial charge on any atom is 0.118 e. The Hall–Kier alpha value is -1.06. The van der Waals surface area contributed by atoms with E-state index in [1.165, 1.54) is 0 Å². The van der Waals surface area contributed by atoms with Gasteiger partial charge in [-0.25, -0.2) is 0 Å². The SMILES string of the molecule is COc1ccc(C(O)C(O)C2CC2)cc1. The highest BCUT2D eigenvalue weighted by Gasteiger charge is 2.34. The van der Waals surface area contributed by atoms with Crippen molar-refractivity contribution in [2.45, 2.75) is 25.0 Å². The van der Waals surface area contributed by atoms with E-state index >= 15 is 0 Å². The summed E-state index contributed by atoms with van der Waals surface area (Å²) in [7, 11) is 1.60. The summed E-state index contributed by atoms with van der Waals surface area (Å²) in [6.45, 7) is 0. The number of rotatable bonds is 4. The van der Waals surface area contributed by atoms with E-state index in [1.54, 1.807) is 31.4 Å². The van der Waals surface area contributed by atoms with Crippen LogP contribution >= 0.6 is 0 Å². The molecule has 2 unspecified atom stereocenters. The Morgan fingerprint density at radius 2 is 1.80 bits per heavy atom. The van der Waals surface area contributed by atoms with Crippen molar-refractivity contribution in [3.8, 4) is 5.75 Å². The summed E-state index contributed by atoms with van der Waals surface area (Å²) >= 11 is 0. The summed E-state index contributed by atoms with van der Waals surface area (Å²) in [6, 6.07) is 7.15. The summed E-state index contributed by atoms with van der Waals surface area (Å²) in [4.78, 5) is 0. The molecule has 2 atom stereocenters. The van der Waals surface area contributed by atoms with Crippen LogP contribution in [0.4, 0.5) is 0 Å². The lowest BCUT2D eigenvalue weighted by Gasteiger charge is -2.17. The second-order valence-corrected chi connectivity index (χ2v) is 4.05. The molecule has 1 fully saturated rings. The van der Waals surface area contributed by atoms with Crippen molar-refractivity contribution in [1.82, 2.24) is 0 Å². The number of aliphatic hydroxyl groups excluding tert-OH is 2. The molecule has 0 bridgehead atoms. The van der Waals surface area contributed by atoms with Crippen LogP contribution in [0.3, 0.4) is 0 Å². The molecule has 0 spiro atoms. The molecule has 0 saturated heterocycles. The van der Waals surface area contributed by atoms with E-state index in [-0.39, 0.29) is 5.92 Å². The summed E-state index contributed by atoms with van der Waals surface area (Å²) < 4.78 is 5.03. The van der Waals surface area contributed by atoms with Gasteiger partial charge < -0.3 is 14.9 Å². The van der Waals surface area contributed by atoms with Gasteiger partial charge in [0.2, 0.25) is 0 Å². The molecule has 1 saturated carbocycles. The second-order valence-electron chi connectivity index (χ2n) is 4.05. The van der Waals surface area contributed by atoms with E-state index in [9.17, 15) is 10.2 Å². The highest BCUT2D eigenvalue weighted by atomic mass is 16.5. The van der Waals surface area contributed by atoms with Gasteiger partial charge in [0.15, 0.2) is 0 Å². The van der Waals surface area contributed by atoms with Crippen molar-refractivity contribution in [1.29, 1.82) is 0 Å². The predicted molar refractivity (Wildman–Crippen MR) is 56.7 cm³/mol. The van der Waals surface area contributed by atoms with Crippen LogP contribution in [0.2, 0.25) is 0 Å². The Morgan fingerprint density at radius 1 is 1.20 bits per heavy atom. The van der Waals surface area contributed by atoms with Gasteiger partial charge in [-0.3, -0.25) is 0 Å². The standard InChI is InChI=1S/C12H16O3/c1-15-10-6-4-9(5-7-10)12(14)11(13)8-2-3-8/h4-8,11-14H,2-3H2,1H3. The Kier molecular flexibility index (Phi) is 2.93. The number of hydrogen-bond acceptors (Lipinski definition) is 3. The van der Waals surface area contributed by atoms with Crippen molar-refractivity contribution >= 4 is 0 Å². The monoisotopic (exact) mass is 208 g/mol. The van der Waals surface area contributed by atoms with Crippen LogP contribution < -0.4 is 4.74 Å². The first kappa shape index (κ1) is 10.5. The smallest absolute Gasteiger partial charge is 0.118 e. The Bertz CT molecular complexity index is 316. The van der Waals surface area contributed by atoms with E-state index < -0.39 is 12.2 Å². The van der Waals surface area contributed by atoms with Crippen molar-refractivity contribution in [3.05, 3.63) is 29.8 Å². The van der Waals surface area contributed by atoms with Gasteiger partial charge in [-0.2, -0.15) is 0 Å². The zero-order valence-electron chi connectivity index (χ0n) is 8.76. The Morgan fingerprint density at radius 3 is 2.27 bits per heavy atom. The largest absolute Gasteiger partial charge is 0.497 e. The third-order valence-corrected chi connectivity index (χ3v) is 2.89. The minimum Gasteiger partial charge on any atom is -0.497 e. The molecule has 0 amide bonds. The molecule has 0 aliphatic heterocycles. The van der Waals surface area contributed by atoms with Gasteiger partial charge in [0.25, 0.3) is 0 Å². The van der Waals surface area contributed by atoms with Gasteiger partial charge in [0, 0.05) is 0 Å². The van der Waals surface area contributed by atoms with Gasteiger partial charge in [0.1, 0.15) is 11.9 Å². The molecule has 0 aromatic heterocycles.